The zero-order chi connectivity index (χ0) is 23.0. The number of benzene rings is 1. The molecule has 182 valence electrons. The van der Waals surface area contributed by atoms with Crippen molar-refractivity contribution in [2.75, 3.05) is 6.61 Å². The number of rotatable bonds is 10. The van der Waals surface area contributed by atoms with Gasteiger partial charge >= 0.3 is 5.97 Å². The molecule has 1 aromatic carbocycles. The molecule has 3 nitrogen and oxygen atoms in total. The first-order valence-electron chi connectivity index (χ1n) is 13.8. The smallest absolute Gasteiger partial charge is 0.344 e. The van der Waals surface area contributed by atoms with Gasteiger partial charge in [0.25, 0.3) is 0 Å². The molecule has 33 heavy (non-hydrogen) atoms. The lowest BCUT2D eigenvalue weighted by molar-refractivity contribution is -0.153. The highest BCUT2D eigenvalue weighted by atomic mass is 16.6. The average Bonchev–Trinajstić information content (AvgIpc) is 3.20. The summed E-state index contributed by atoms with van der Waals surface area (Å²) in [6, 6.07) is 6.40. The second-order valence-electron chi connectivity index (χ2n) is 10.9. The predicted octanol–water partition coefficient (Wildman–Crippen LogP) is 7.60. The Labute approximate surface area is 201 Å². The number of hydrogen-bond acceptors (Lipinski definition) is 3. The molecule has 1 aromatic rings. The first-order chi connectivity index (χ1) is 16.1. The van der Waals surface area contributed by atoms with Crippen molar-refractivity contribution in [3.8, 4) is 5.75 Å². The Hall–Kier alpha value is -1.77. The molecule has 0 amide bonds. The van der Waals surface area contributed by atoms with Gasteiger partial charge in [-0.1, -0.05) is 69.7 Å². The van der Waals surface area contributed by atoms with Crippen molar-refractivity contribution >= 4 is 5.97 Å². The van der Waals surface area contributed by atoms with Gasteiger partial charge in [0.15, 0.2) is 6.61 Å². The number of ether oxygens (including phenoxy) is 2. The molecule has 0 bridgehead atoms. The van der Waals surface area contributed by atoms with Crippen LogP contribution in [0.15, 0.2) is 29.8 Å². The molecule has 0 spiro atoms. The van der Waals surface area contributed by atoms with Crippen LogP contribution in [0.3, 0.4) is 0 Å². The molecule has 4 atom stereocenters. The molecule has 4 unspecified atom stereocenters. The summed E-state index contributed by atoms with van der Waals surface area (Å²) >= 11 is 0. The summed E-state index contributed by atoms with van der Waals surface area (Å²) in [5.74, 6) is 2.77. The molecule has 0 aromatic heterocycles. The number of fused-ring (bicyclic) bond motifs is 2. The highest BCUT2D eigenvalue weighted by Gasteiger charge is 2.36. The third kappa shape index (κ3) is 6.64. The lowest BCUT2D eigenvalue weighted by Gasteiger charge is -2.30. The SMILES string of the molecule is CCCCCCC/C=C1\CCC2Cc3c(cccc3OCC(=O)OC3CCCC(C)C3)CC12. The summed E-state index contributed by atoms with van der Waals surface area (Å²) in [5, 5.41) is 0. The van der Waals surface area contributed by atoms with E-state index < -0.39 is 0 Å². The molecule has 0 heterocycles. The lowest BCUT2D eigenvalue weighted by Crippen LogP contribution is -2.27. The first-order valence-corrected chi connectivity index (χ1v) is 13.8. The van der Waals surface area contributed by atoms with Crippen molar-refractivity contribution in [3.05, 3.63) is 41.0 Å². The lowest BCUT2D eigenvalue weighted by atomic mass is 9.76. The van der Waals surface area contributed by atoms with E-state index in [1.165, 1.54) is 68.9 Å². The molecule has 4 rings (SSSR count). The van der Waals surface area contributed by atoms with Gasteiger partial charge in [-0.3, -0.25) is 0 Å². The van der Waals surface area contributed by atoms with Gasteiger partial charge in [0, 0.05) is 0 Å². The Morgan fingerprint density at radius 2 is 1.97 bits per heavy atom. The van der Waals surface area contributed by atoms with Crippen molar-refractivity contribution < 1.29 is 14.3 Å². The second-order valence-corrected chi connectivity index (χ2v) is 10.9. The maximum Gasteiger partial charge on any atom is 0.344 e. The van der Waals surface area contributed by atoms with E-state index in [0.717, 1.165) is 43.8 Å². The number of carbonyl (C=O) groups is 1. The van der Waals surface area contributed by atoms with Crippen molar-refractivity contribution in [1.29, 1.82) is 0 Å². The van der Waals surface area contributed by atoms with Gasteiger partial charge in [-0.25, -0.2) is 4.79 Å². The molecule has 0 saturated heterocycles. The van der Waals surface area contributed by atoms with Crippen LogP contribution in [0.4, 0.5) is 0 Å². The molecule has 3 heteroatoms. The largest absolute Gasteiger partial charge is 0.482 e. The molecule has 2 fully saturated rings. The van der Waals surface area contributed by atoms with Crippen molar-refractivity contribution in [3.63, 3.8) is 0 Å². The summed E-state index contributed by atoms with van der Waals surface area (Å²) in [4.78, 5) is 12.4. The van der Waals surface area contributed by atoms with Crippen molar-refractivity contribution in [1.82, 2.24) is 0 Å². The Kier molecular flexibility index (Phi) is 8.92. The van der Waals surface area contributed by atoms with Gasteiger partial charge in [0.05, 0.1) is 0 Å². The van der Waals surface area contributed by atoms with Crippen LogP contribution < -0.4 is 4.74 Å². The Morgan fingerprint density at radius 1 is 1.09 bits per heavy atom. The number of unbranched alkanes of at least 4 members (excludes halogenated alkanes) is 5. The molecule has 3 aliphatic rings. The second kappa shape index (κ2) is 12.1. The summed E-state index contributed by atoms with van der Waals surface area (Å²) in [5.41, 5.74) is 4.45. The minimum Gasteiger partial charge on any atom is -0.482 e. The van der Waals surface area contributed by atoms with E-state index in [4.69, 9.17) is 9.47 Å². The number of esters is 1. The van der Waals surface area contributed by atoms with Crippen LogP contribution in [0.5, 0.6) is 5.75 Å². The Morgan fingerprint density at radius 3 is 2.82 bits per heavy atom. The van der Waals surface area contributed by atoms with E-state index in [0.29, 0.717) is 11.8 Å². The predicted molar refractivity (Wildman–Crippen MR) is 135 cm³/mol. The Balaban J connectivity index is 1.30. The van der Waals surface area contributed by atoms with Crippen LogP contribution in [0.2, 0.25) is 0 Å². The Bertz CT molecular complexity index is 811. The third-order valence-electron chi connectivity index (χ3n) is 8.23. The molecule has 0 N–H and O–H groups in total. The maximum atomic E-state index is 12.4. The van der Waals surface area contributed by atoms with E-state index in [9.17, 15) is 4.79 Å². The van der Waals surface area contributed by atoms with Gasteiger partial charge in [0.2, 0.25) is 0 Å². The van der Waals surface area contributed by atoms with E-state index in [1.807, 2.05) is 6.07 Å². The molecule has 0 aliphatic heterocycles. The minimum atomic E-state index is -0.217. The zero-order valence-electron chi connectivity index (χ0n) is 21.0. The minimum absolute atomic E-state index is 0.0264. The zero-order valence-corrected chi connectivity index (χ0v) is 21.0. The fourth-order valence-corrected chi connectivity index (χ4v) is 6.38. The monoisotopic (exact) mass is 452 g/mol. The molecule has 0 radical (unpaired) electrons. The summed E-state index contributed by atoms with van der Waals surface area (Å²) in [7, 11) is 0. The topological polar surface area (TPSA) is 35.5 Å². The van der Waals surface area contributed by atoms with Gasteiger partial charge in [-0.2, -0.15) is 0 Å². The van der Waals surface area contributed by atoms with E-state index in [2.05, 4.69) is 32.1 Å². The fourth-order valence-electron chi connectivity index (χ4n) is 6.38. The molecule has 2 saturated carbocycles. The van der Waals surface area contributed by atoms with Gasteiger partial charge in [0.1, 0.15) is 11.9 Å². The highest BCUT2D eigenvalue weighted by Crippen LogP contribution is 2.46. The van der Waals surface area contributed by atoms with Crippen molar-refractivity contribution in [2.45, 2.75) is 110 Å². The number of allylic oxidation sites excluding steroid dienone is 2. The summed E-state index contributed by atoms with van der Waals surface area (Å²) in [6.07, 6.45) is 19.8. The third-order valence-corrected chi connectivity index (χ3v) is 8.23. The summed E-state index contributed by atoms with van der Waals surface area (Å²) < 4.78 is 11.7. The quantitative estimate of drug-likeness (QED) is 0.208. The van der Waals surface area contributed by atoms with Crippen LogP contribution in [0.25, 0.3) is 0 Å². The molecular weight excluding hydrogens is 408 g/mol. The standard InChI is InChI=1S/C30H44O3/c1-3-4-5-6-7-8-12-23-16-17-25-20-28-24(19-27(23)25)13-10-15-29(28)32-21-30(31)33-26-14-9-11-22(2)18-26/h10,12-13,15,22,25-27H,3-9,11,14,16-21H2,1-2H3/b23-12+. The summed E-state index contributed by atoms with van der Waals surface area (Å²) in [6.45, 7) is 4.55. The van der Waals surface area contributed by atoms with Crippen LogP contribution >= 0.6 is 0 Å². The van der Waals surface area contributed by atoms with E-state index in [1.54, 1.807) is 5.57 Å². The molecule has 3 aliphatic carbocycles. The van der Waals surface area contributed by atoms with Gasteiger partial charge in [-0.05, 0) is 92.7 Å². The average molecular weight is 453 g/mol. The number of hydrogen-bond donors (Lipinski definition) is 0. The highest BCUT2D eigenvalue weighted by molar-refractivity contribution is 5.71. The van der Waals surface area contributed by atoms with Crippen LogP contribution in [-0.2, 0) is 22.4 Å². The van der Waals surface area contributed by atoms with Crippen LogP contribution in [-0.4, -0.2) is 18.7 Å². The van der Waals surface area contributed by atoms with Gasteiger partial charge < -0.3 is 9.47 Å². The van der Waals surface area contributed by atoms with E-state index in [-0.39, 0.29) is 18.7 Å². The first kappa shape index (κ1) is 24.4. The van der Waals surface area contributed by atoms with Crippen LogP contribution in [0, 0.1) is 17.8 Å². The normalized spacial score (nSPS) is 27.8. The van der Waals surface area contributed by atoms with Crippen LogP contribution in [0.1, 0.15) is 102 Å². The van der Waals surface area contributed by atoms with Gasteiger partial charge in [-0.15, -0.1) is 0 Å². The van der Waals surface area contributed by atoms with Crippen molar-refractivity contribution in [2.24, 2.45) is 17.8 Å². The number of carbonyl (C=O) groups excluding carboxylic acids is 1. The molecular formula is C30H44O3. The van der Waals surface area contributed by atoms with E-state index >= 15 is 0 Å². The fraction of sp³-hybridized carbons (Fsp3) is 0.700. The maximum absolute atomic E-state index is 12.4.